The summed E-state index contributed by atoms with van der Waals surface area (Å²) in [7, 11) is 0. The van der Waals surface area contributed by atoms with Crippen molar-refractivity contribution in [3.63, 3.8) is 0 Å². The molecule has 0 aliphatic carbocycles. The Bertz CT molecular complexity index is 1060. The summed E-state index contributed by atoms with van der Waals surface area (Å²) >= 11 is 0. The highest BCUT2D eigenvalue weighted by Crippen LogP contribution is 2.30. The standard InChI is InChI=1S/C22H16FNO4/c23-17-10-1-2-11-18(17)28-19(25)12-5-13-24-21(26)15-8-3-6-14-7-4-9-16(20(14)15)22(24)27/h1-4,6-11H,5,12-13H2. The number of carbonyl (C=O) groups excluding carboxylic acids is 3. The van der Waals surface area contributed by atoms with Gasteiger partial charge in [0.2, 0.25) is 0 Å². The molecular weight excluding hydrogens is 361 g/mol. The van der Waals surface area contributed by atoms with Gasteiger partial charge in [-0.15, -0.1) is 0 Å². The quantitative estimate of drug-likeness (QED) is 0.384. The van der Waals surface area contributed by atoms with Crippen LogP contribution < -0.4 is 4.74 Å². The van der Waals surface area contributed by atoms with Gasteiger partial charge in [0, 0.05) is 29.5 Å². The summed E-state index contributed by atoms with van der Waals surface area (Å²) in [6.45, 7) is 0.0781. The SMILES string of the molecule is O=C(CCCN1C(=O)c2cccc3cccc(c23)C1=O)Oc1ccccc1F. The van der Waals surface area contributed by atoms with E-state index in [9.17, 15) is 18.8 Å². The monoisotopic (exact) mass is 377 g/mol. The molecule has 0 radical (unpaired) electrons. The van der Waals surface area contributed by atoms with Crippen LogP contribution in [-0.4, -0.2) is 29.2 Å². The maximum Gasteiger partial charge on any atom is 0.311 e. The predicted molar refractivity (Wildman–Crippen MR) is 101 cm³/mol. The first-order valence-electron chi connectivity index (χ1n) is 8.89. The van der Waals surface area contributed by atoms with Crippen molar-refractivity contribution in [2.24, 2.45) is 0 Å². The van der Waals surface area contributed by atoms with Crippen molar-refractivity contribution in [3.8, 4) is 5.75 Å². The summed E-state index contributed by atoms with van der Waals surface area (Å²) in [6, 6.07) is 16.3. The summed E-state index contributed by atoms with van der Waals surface area (Å²) in [5, 5.41) is 1.50. The molecule has 0 N–H and O–H groups in total. The molecule has 0 saturated carbocycles. The van der Waals surface area contributed by atoms with Crippen LogP contribution in [0.25, 0.3) is 10.8 Å². The maximum atomic E-state index is 13.5. The van der Waals surface area contributed by atoms with Crippen molar-refractivity contribution >= 4 is 28.6 Å². The van der Waals surface area contributed by atoms with E-state index in [1.54, 1.807) is 30.3 Å². The van der Waals surface area contributed by atoms with E-state index >= 15 is 0 Å². The number of benzene rings is 3. The molecule has 0 saturated heterocycles. The number of halogens is 1. The third kappa shape index (κ3) is 3.13. The first-order chi connectivity index (χ1) is 13.6. The molecule has 0 fully saturated rings. The molecule has 0 aromatic heterocycles. The molecule has 0 unspecified atom stereocenters. The average Bonchev–Trinajstić information content (AvgIpc) is 2.70. The molecular formula is C22H16FNO4. The molecule has 1 aliphatic heterocycles. The number of imide groups is 1. The van der Waals surface area contributed by atoms with Crippen molar-refractivity contribution in [2.45, 2.75) is 12.8 Å². The molecule has 5 nitrogen and oxygen atoms in total. The molecule has 6 heteroatoms. The first-order valence-corrected chi connectivity index (χ1v) is 8.89. The number of para-hydroxylation sites is 1. The normalized spacial score (nSPS) is 13.1. The Morgan fingerprint density at radius 2 is 1.54 bits per heavy atom. The third-order valence-electron chi connectivity index (χ3n) is 4.68. The van der Waals surface area contributed by atoms with Gasteiger partial charge in [0.05, 0.1) is 0 Å². The van der Waals surface area contributed by atoms with Crippen molar-refractivity contribution in [1.82, 2.24) is 4.90 Å². The Hall–Kier alpha value is -3.54. The smallest absolute Gasteiger partial charge is 0.311 e. The fourth-order valence-electron chi connectivity index (χ4n) is 3.37. The molecule has 4 rings (SSSR count). The minimum atomic E-state index is -0.623. The van der Waals surface area contributed by atoms with Crippen molar-refractivity contribution < 1.29 is 23.5 Å². The van der Waals surface area contributed by atoms with E-state index in [0.29, 0.717) is 16.5 Å². The topological polar surface area (TPSA) is 63.7 Å². The fourth-order valence-corrected chi connectivity index (χ4v) is 3.37. The van der Waals surface area contributed by atoms with Gasteiger partial charge in [0.1, 0.15) is 0 Å². The van der Waals surface area contributed by atoms with Crippen LogP contribution in [-0.2, 0) is 4.79 Å². The van der Waals surface area contributed by atoms with Crippen LogP contribution in [0, 0.1) is 5.82 Å². The lowest BCUT2D eigenvalue weighted by molar-refractivity contribution is -0.134. The van der Waals surface area contributed by atoms with Crippen LogP contribution in [0.4, 0.5) is 4.39 Å². The third-order valence-corrected chi connectivity index (χ3v) is 4.68. The van der Waals surface area contributed by atoms with Gasteiger partial charge in [-0.1, -0.05) is 36.4 Å². The second-order valence-corrected chi connectivity index (χ2v) is 6.48. The zero-order valence-corrected chi connectivity index (χ0v) is 14.9. The molecule has 0 atom stereocenters. The number of esters is 1. The summed E-state index contributed by atoms with van der Waals surface area (Å²) < 4.78 is 18.5. The van der Waals surface area contributed by atoms with Crippen molar-refractivity contribution in [1.29, 1.82) is 0 Å². The summed E-state index contributed by atoms with van der Waals surface area (Å²) in [5.74, 6) is -2.14. The summed E-state index contributed by atoms with van der Waals surface area (Å²) in [6.07, 6.45) is 0.181. The van der Waals surface area contributed by atoms with Gasteiger partial charge in [-0.25, -0.2) is 4.39 Å². The van der Waals surface area contributed by atoms with Crippen LogP contribution in [0.5, 0.6) is 5.75 Å². The number of hydrogen-bond acceptors (Lipinski definition) is 4. The number of rotatable bonds is 5. The van der Waals surface area contributed by atoms with Crippen LogP contribution in [0.15, 0.2) is 60.7 Å². The molecule has 0 bridgehead atoms. The number of amides is 2. The highest BCUT2D eigenvalue weighted by atomic mass is 19.1. The van der Waals surface area contributed by atoms with Gasteiger partial charge >= 0.3 is 5.97 Å². The first kappa shape index (κ1) is 17.9. The Balaban J connectivity index is 1.45. The Morgan fingerprint density at radius 3 is 2.18 bits per heavy atom. The fraction of sp³-hybridized carbons (Fsp3) is 0.136. The highest BCUT2D eigenvalue weighted by molar-refractivity contribution is 6.25. The van der Waals surface area contributed by atoms with E-state index < -0.39 is 11.8 Å². The lowest BCUT2D eigenvalue weighted by Gasteiger charge is -2.27. The Labute approximate surface area is 160 Å². The number of carbonyl (C=O) groups is 3. The molecule has 1 aliphatic rings. The second kappa shape index (κ2) is 7.23. The van der Waals surface area contributed by atoms with E-state index in [-0.39, 0.29) is 37.0 Å². The number of nitrogens with zero attached hydrogens (tertiary/aromatic N) is 1. The predicted octanol–water partition coefficient (Wildman–Crippen LogP) is 3.96. The average molecular weight is 377 g/mol. The van der Waals surface area contributed by atoms with E-state index in [1.165, 1.54) is 18.2 Å². The lowest BCUT2D eigenvalue weighted by atomic mass is 9.94. The van der Waals surface area contributed by atoms with Crippen LogP contribution >= 0.6 is 0 Å². The zero-order valence-electron chi connectivity index (χ0n) is 14.9. The van der Waals surface area contributed by atoms with Gasteiger partial charge in [-0.2, -0.15) is 0 Å². The van der Waals surface area contributed by atoms with E-state index in [2.05, 4.69) is 0 Å². The molecule has 28 heavy (non-hydrogen) atoms. The zero-order chi connectivity index (χ0) is 19.7. The minimum absolute atomic E-state index is 0.0444. The van der Waals surface area contributed by atoms with Crippen LogP contribution in [0.3, 0.4) is 0 Å². The largest absolute Gasteiger partial charge is 0.423 e. The van der Waals surface area contributed by atoms with E-state index in [1.807, 2.05) is 12.1 Å². The van der Waals surface area contributed by atoms with E-state index in [4.69, 9.17) is 4.74 Å². The van der Waals surface area contributed by atoms with Gasteiger partial charge in [-0.3, -0.25) is 19.3 Å². The van der Waals surface area contributed by atoms with Crippen LogP contribution in [0.2, 0.25) is 0 Å². The van der Waals surface area contributed by atoms with Gasteiger partial charge in [-0.05, 0) is 36.1 Å². The Kier molecular flexibility index (Phi) is 4.61. The van der Waals surface area contributed by atoms with Gasteiger partial charge < -0.3 is 4.74 Å². The Morgan fingerprint density at radius 1 is 0.893 bits per heavy atom. The molecule has 3 aromatic rings. The number of ether oxygens (including phenoxy) is 1. The molecule has 140 valence electrons. The number of hydrogen-bond donors (Lipinski definition) is 0. The molecule has 3 aromatic carbocycles. The lowest BCUT2D eigenvalue weighted by Crippen LogP contribution is -2.41. The van der Waals surface area contributed by atoms with Gasteiger partial charge in [0.15, 0.2) is 11.6 Å². The molecule has 2 amide bonds. The van der Waals surface area contributed by atoms with Gasteiger partial charge in [0.25, 0.3) is 11.8 Å². The van der Waals surface area contributed by atoms with E-state index in [0.717, 1.165) is 10.3 Å². The minimum Gasteiger partial charge on any atom is -0.423 e. The highest BCUT2D eigenvalue weighted by Gasteiger charge is 2.32. The summed E-state index contributed by atoms with van der Waals surface area (Å²) in [4.78, 5) is 38.6. The van der Waals surface area contributed by atoms with Crippen molar-refractivity contribution in [2.75, 3.05) is 6.54 Å². The van der Waals surface area contributed by atoms with Crippen LogP contribution in [0.1, 0.15) is 33.6 Å². The molecule has 0 spiro atoms. The summed E-state index contributed by atoms with van der Waals surface area (Å²) in [5.41, 5.74) is 0.947. The maximum absolute atomic E-state index is 13.5. The van der Waals surface area contributed by atoms with Crippen molar-refractivity contribution in [3.05, 3.63) is 77.6 Å². The second-order valence-electron chi connectivity index (χ2n) is 6.48. The molecule has 1 heterocycles.